The number of pyridine rings is 1. The van der Waals surface area contributed by atoms with E-state index in [1.165, 1.54) is 0 Å². The molecule has 5 nitrogen and oxygen atoms in total. The first-order valence-corrected chi connectivity index (χ1v) is 8.89. The Bertz CT molecular complexity index is 1230. The van der Waals surface area contributed by atoms with Crippen molar-refractivity contribution in [2.24, 2.45) is 0 Å². The number of quaternary nitrogens is 1. The molecule has 4 rings (SSSR count). The zero-order valence-corrected chi connectivity index (χ0v) is 15.5. The molecule has 136 valence electrons. The normalized spacial score (nSPS) is 11.6. The molecule has 0 radical (unpaired) electrons. The van der Waals surface area contributed by atoms with Crippen LogP contribution in [0.25, 0.3) is 33.1 Å². The monoisotopic (exact) mass is 361 g/mol. The number of phenolic OH excluding ortho intramolecular Hbond substituents is 1. The van der Waals surface area contributed by atoms with E-state index in [0.717, 1.165) is 15.8 Å². The molecule has 2 aromatic carbocycles. The third-order valence-corrected chi connectivity index (χ3v) is 4.70. The van der Waals surface area contributed by atoms with Crippen LogP contribution >= 0.6 is 0 Å². The lowest BCUT2D eigenvalue weighted by Gasteiger charge is -2.13. The minimum absolute atomic E-state index is 0.133. The molecule has 5 heteroatoms. The molecule has 4 aromatic rings. The van der Waals surface area contributed by atoms with Gasteiger partial charge in [0, 0.05) is 5.39 Å². The summed E-state index contributed by atoms with van der Waals surface area (Å²) in [6.07, 6.45) is 0. The van der Waals surface area contributed by atoms with Crippen molar-refractivity contribution in [2.45, 2.75) is 13.5 Å². The maximum Gasteiger partial charge on any atom is 0.202 e. The van der Waals surface area contributed by atoms with Gasteiger partial charge in [-0.1, -0.05) is 24.3 Å². The molecular weight excluding hydrogens is 340 g/mol. The number of aromatic hydroxyl groups is 1. The van der Waals surface area contributed by atoms with E-state index in [9.17, 15) is 9.90 Å². The predicted octanol–water partition coefficient (Wildman–Crippen LogP) is 2.67. The quantitative estimate of drug-likeness (QED) is 0.589. The summed E-state index contributed by atoms with van der Waals surface area (Å²) in [6, 6.07) is 14.8. The highest BCUT2D eigenvalue weighted by Crippen LogP contribution is 2.29. The summed E-state index contributed by atoms with van der Waals surface area (Å²) < 4.78 is 6.04. The third kappa shape index (κ3) is 2.96. The summed E-state index contributed by atoms with van der Waals surface area (Å²) in [6.45, 7) is 2.32. The van der Waals surface area contributed by atoms with Crippen molar-refractivity contribution in [2.75, 3.05) is 14.1 Å². The molecule has 27 heavy (non-hydrogen) atoms. The first-order valence-electron chi connectivity index (χ1n) is 8.89. The Labute approximate surface area is 156 Å². The van der Waals surface area contributed by atoms with Gasteiger partial charge < -0.3 is 14.4 Å². The molecule has 0 spiro atoms. The molecule has 0 aliphatic heterocycles. The highest BCUT2D eigenvalue weighted by Gasteiger charge is 2.20. The number of aryl methyl sites for hydroxylation is 1. The van der Waals surface area contributed by atoms with Crippen molar-refractivity contribution in [1.29, 1.82) is 0 Å². The van der Waals surface area contributed by atoms with Crippen LogP contribution in [0.3, 0.4) is 0 Å². The van der Waals surface area contributed by atoms with E-state index >= 15 is 0 Å². The van der Waals surface area contributed by atoms with E-state index in [4.69, 9.17) is 4.42 Å². The lowest BCUT2D eigenvalue weighted by molar-refractivity contribution is -0.872. The number of hydrogen-bond acceptors (Lipinski definition) is 4. The Morgan fingerprint density at radius 3 is 2.63 bits per heavy atom. The molecule has 0 saturated carbocycles. The average Bonchev–Trinajstić information content (AvgIpc) is 2.64. The fourth-order valence-electron chi connectivity index (χ4n) is 3.44. The van der Waals surface area contributed by atoms with Crippen LogP contribution in [-0.4, -0.2) is 24.2 Å². The van der Waals surface area contributed by atoms with Crippen LogP contribution in [0.5, 0.6) is 5.75 Å². The zero-order valence-electron chi connectivity index (χ0n) is 15.5. The van der Waals surface area contributed by atoms with Gasteiger partial charge in [-0.05, 0) is 31.2 Å². The summed E-state index contributed by atoms with van der Waals surface area (Å²) in [5.74, 6) is 0.638. The van der Waals surface area contributed by atoms with Crippen molar-refractivity contribution in [3.05, 3.63) is 70.1 Å². The van der Waals surface area contributed by atoms with Crippen LogP contribution in [0.15, 0.2) is 57.7 Å². The Hall–Kier alpha value is -3.18. The number of nitrogens with zero attached hydrogens (tertiary/aromatic N) is 1. The minimum Gasteiger partial charge on any atom is -0.507 e. The average molecular weight is 361 g/mol. The van der Waals surface area contributed by atoms with Crippen LogP contribution in [0, 0.1) is 6.92 Å². The van der Waals surface area contributed by atoms with E-state index in [1.54, 1.807) is 19.1 Å². The smallest absolute Gasteiger partial charge is 0.202 e. The van der Waals surface area contributed by atoms with Crippen LogP contribution in [0.4, 0.5) is 0 Å². The molecule has 2 N–H and O–H groups in total. The van der Waals surface area contributed by atoms with Crippen LogP contribution in [0.2, 0.25) is 0 Å². The molecule has 0 atom stereocenters. The highest BCUT2D eigenvalue weighted by atomic mass is 16.3. The Morgan fingerprint density at radius 1 is 1.07 bits per heavy atom. The van der Waals surface area contributed by atoms with Gasteiger partial charge in [-0.15, -0.1) is 0 Å². The molecule has 0 aliphatic rings. The zero-order chi connectivity index (χ0) is 19.1. The standard InChI is InChI=1S/C22H20N2O3/c1-13-20(18-10-8-14-6-4-5-7-17(14)23-18)21(26)15-9-11-19(25)16(12-24(2)3)22(15)27-13/h4-11,25H,12H2,1-3H3/p+1. The van der Waals surface area contributed by atoms with Crippen molar-refractivity contribution in [3.8, 4) is 17.0 Å². The van der Waals surface area contributed by atoms with E-state index < -0.39 is 0 Å². The van der Waals surface area contributed by atoms with Gasteiger partial charge in [-0.25, -0.2) is 4.98 Å². The van der Waals surface area contributed by atoms with E-state index in [1.807, 2.05) is 50.5 Å². The van der Waals surface area contributed by atoms with Crippen molar-refractivity contribution < 1.29 is 14.4 Å². The number of nitrogens with one attached hydrogen (secondary N) is 1. The van der Waals surface area contributed by atoms with Gasteiger partial charge in [0.25, 0.3) is 0 Å². The fourth-order valence-corrected chi connectivity index (χ4v) is 3.44. The van der Waals surface area contributed by atoms with Gasteiger partial charge in [-0.2, -0.15) is 0 Å². The van der Waals surface area contributed by atoms with Gasteiger partial charge in [0.15, 0.2) is 5.58 Å². The van der Waals surface area contributed by atoms with Gasteiger partial charge in [-0.3, -0.25) is 4.79 Å². The third-order valence-electron chi connectivity index (χ3n) is 4.70. The molecule has 0 unspecified atom stereocenters. The molecule has 2 heterocycles. The maximum atomic E-state index is 13.2. The first-order chi connectivity index (χ1) is 13.0. The number of para-hydroxylation sites is 1. The van der Waals surface area contributed by atoms with Gasteiger partial charge in [0.05, 0.1) is 41.8 Å². The summed E-state index contributed by atoms with van der Waals surface area (Å²) in [5, 5.41) is 11.7. The largest absolute Gasteiger partial charge is 0.507 e. The van der Waals surface area contributed by atoms with E-state index in [0.29, 0.717) is 40.1 Å². The summed E-state index contributed by atoms with van der Waals surface area (Å²) in [4.78, 5) is 19.0. The summed E-state index contributed by atoms with van der Waals surface area (Å²) in [5.41, 5.74) is 2.84. The number of hydrogen-bond donors (Lipinski definition) is 2. The number of benzene rings is 2. The second-order valence-electron chi connectivity index (χ2n) is 7.08. The highest BCUT2D eigenvalue weighted by molar-refractivity contribution is 5.87. The van der Waals surface area contributed by atoms with Crippen LogP contribution in [-0.2, 0) is 6.54 Å². The van der Waals surface area contributed by atoms with Gasteiger partial charge in [0.2, 0.25) is 5.43 Å². The number of rotatable bonds is 3. The summed E-state index contributed by atoms with van der Waals surface area (Å²) >= 11 is 0. The topological polar surface area (TPSA) is 67.8 Å². The van der Waals surface area contributed by atoms with Crippen LogP contribution < -0.4 is 10.3 Å². The molecule has 0 saturated heterocycles. The lowest BCUT2D eigenvalue weighted by atomic mass is 10.0. The molecule has 0 bridgehead atoms. The van der Waals surface area contributed by atoms with E-state index in [2.05, 4.69) is 4.98 Å². The molecule has 2 aromatic heterocycles. The van der Waals surface area contributed by atoms with Crippen molar-refractivity contribution in [1.82, 2.24) is 4.98 Å². The molecule has 0 aliphatic carbocycles. The van der Waals surface area contributed by atoms with Gasteiger partial charge in [0.1, 0.15) is 18.1 Å². The lowest BCUT2D eigenvalue weighted by Crippen LogP contribution is -3.04. The van der Waals surface area contributed by atoms with Gasteiger partial charge >= 0.3 is 0 Å². The maximum absolute atomic E-state index is 13.2. The number of aromatic nitrogens is 1. The molecule has 0 amide bonds. The van der Waals surface area contributed by atoms with Crippen molar-refractivity contribution in [3.63, 3.8) is 0 Å². The second kappa shape index (κ2) is 6.52. The molecule has 0 fully saturated rings. The first kappa shape index (κ1) is 17.2. The summed E-state index contributed by atoms with van der Waals surface area (Å²) in [7, 11) is 3.97. The Kier molecular flexibility index (Phi) is 4.16. The fraction of sp³-hybridized carbons (Fsp3) is 0.182. The van der Waals surface area contributed by atoms with Crippen molar-refractivity contribution >= 4 is 21.9 Å². The number of fused-ring (bicyclic) bond motifs is 2. The minimum atomic E-state index is -0.133. The Morgan fingerprint density at radius 2 is 1.85 bits per heavy atom. The SMILES string of the molecule is Cc1oc2c(C[NH+](C)C)c(O)ccc2c(=O)c1-c1ccc2ccccc2n1. The Balaban J connectivity index is 1.99. The molecular formula is C22H21N2O3+. The predicted molar refractivity (Wildman–Crippen MR) is 106 cm³/mol. The second-order valence-corrected chi connectivity index (χ2v) is 7.08. The van der Waals surface area contributed by atoms with Crippen LogP contribution in [0.1, 0.15) is 11.3 Å². The van der Waals surface area contributed by atoms with E-state index in [-0.39, 0.29) is 11.2 Å². The number of phenols is 1.